The second-order valence-electron chi connectivity index (χ2n) is 2.15. The summed E-state index contributed by atoms with van der Waals surface area (Å²) < 4.78 is 4.97. The fourth-order valence-electron chi connectivity index (χ4n) is 0.367. The molecule has 0 aromatic rings. The molecule has 0 heterocycles. The summed E-state index contributed by atoms with van der Waals surface area (Å²) in [6.07, 6.45) is 0.0430. The molecule has 2 nitrogen and oxygen atoms in total. The molecule has 9 heavy (non-hydrogen) atoms. The van der Waals surface area contributed by atoms with Gasteiger partial charge in [-0.15, -0.1) is 0 Å². The van der Waals surface area contributed by atoms with Crippen LogP contribution in [-0.4, -0.2) is 11.9 Å². The zero-order chi connectivity index (χ0) is 7.44. The van der Waals surface area contributed by atoms with Crippen LogP contribution in [0.15, 0.2) is 12.3 Å². The molecule has 0 amide bonds. The van der Waals surface area contributed by atoms with Crippen molar-refractivity contribution >= 4 is 5.78 Å². The van der Waals surface area contributed by atoms with Crippen molar-refractivity contribution in [2.75, 3.05) is 0 Å². The molecule has 0 aromatic heterocycles. The lowest BCUT2D eigenvalue weighted by Gasteiger charge is -2.08. The number of carbonyl (C=O) groups excluding carboxylic acids is 1. The van der Waals surface area contributed by atoms with E-state index in [9.17, 15) is 4.79 Å². The Balaban J connectivity index is 3.65. The van der Waals surface area contributed by atoms with Gasteiger partial charge in [-0.3, -0.25) is 4.79 Å². The fraction of sp³-hybridized carbons (Fsp3) is 0.571. The van der Waals surface area contributed by atoms with Crippen LogP contribution >= 0.6 is 0 Å². The third-order valence-electron chi connectivity index (χ3n) is 0.771. The van der Waals surface area contributed by atoms with E-state index < -0.39 is 0 Å². The molecule has 0 bridgehead atoms. The summed E-state index contributed by atoms with van der Waals surface area (Å²) >= 11 is 0. The van der Waals surface area contributed by atoms with Gasteiger partial charge in [0.2, 0.25) is 0 Å². The minimum Gasteiger partial charge on any atom is -0.488 e. The quantitative estimate of drug-likeness (QED) is 0.425. The Bertz CT molecular complexity index is 125. The predicted molar refractivity (Wildman–Crippen MR) is 36.0 cm³/mol. The molecule has 0 rings (SSSR count). The Hall–Kier alpha value is -0.790. The Morgan fingerprint density at radius 2 is 2.00 bits per heavy atom. The number of allylic oxidation sites excluding steroid dienone is 1. The highest BCUT2D eigenvalue weighted by Crippen LogP contribution is 1.99. The molecule has 0 saturated carbocycles. The number of rotatable bonds is 3. The Labute approximate surface area is 55.5 Å². The van der Waals surface area contributed by atoms with Gasteiger partial charge in [0.1, 0.15) is 0 Å². The van der Waals surface area contributed by atoms with E-state index in [1.54, 1.807) is 0 Å². The molecule has 0 N–H and O–H groups in total. The molecule has 0 unspecified atom stereocenters. The van der Waals surface area contributed by atoms with Gasteiger partial charge in [-0.1, -0.05) is 6.58 Å². The summed E-state index contributed by atoms with van der Waals surface area (Å²) in [5, 5.41) is 0. The first kappa shape index (κ1) is 8.21. The number of carbonyl (C=O) groups is 1. The highest BCUT2D eigenvalue weighted by Gasteiger charge is 2.01. The van der Waals surface area contributed by atoms with Gasteiger partial charge in [-0.25, -0.2) is 0 Å². The maximum absolute atomic E-state index is 10.5. The van der Waals surface area contributed by atoms with Gasteiger partial charge in [0.25, 0.3) is 0 Å². The highest BCUT2D eigenvalue weighted by molar-refractivity contribution is 5.90. The zero-order valence-corrected chi connectivity index (χ0v) is 6.10. The molecule has 0 fully saturated rings. The SMILES string of the molecule is C=C(OC(C)C)C(C)=O. The summed E-state index contributed by atoms with van der Waals surface area (Å²) in [6.45, 7) is 8.57. The standard InChI is InChI=1S/C7H12O2/c1-5(2)9-7(4)6(3)8/h5H,4H2,1-3H3. The van der Waals surface area contributed by atoms with Crippen molar-refractivity contribution in [2.45, 2.75) is 26.9 Å². The number of hydrogen-bond acceptors (Lipinski definition) is 2. The van der Waals surface area contributed by atoms with E-state index in [1.165, 1.54) is 6.92 Å². The number of Topliss-reactive ketones (excluding diaryl/α,β-unsaturated/α-hetero) is 1. The summed E-state index contributed by atoms with van der Waals surface area (Å²) in [6, 6.07) is 0. The van der Waals surface area contributed by atoms with Gasteiger partial charge in [-0.05, 0) is 13.8 Å². The first-order valence-electron chi connectivity index (χ1n) is 2.90. The Kier molecular flexibility index (Phi) is 2.99. The van der Waals surface area contributed by atoms with Crippen molar-refractivity contribution in [1.29, 1.82) is 0 Å². The van der Waals surface area contributed by atoms with E-state index in [-0.39, 0.29) is 17.6 Å². The minimum atomic E-state index is -0.108. The molecule has 0 aliphatic heterocycles. The molecular formula is C7H12O2. The minimum absolute atomic E-state index is 0.0430. The third kappa shape index (κ3) is 3.76. The molecule has 0 saturated heterocycles. The first-order valence-corrected chi connectivity index (χ1v) is 2.90. The second kappa shape index (κ2) is 3.28. The van der Waals surface area contributed by atoms with Crippen LogP contribution in [0.1, 0.15) is 20.8 Å². The average Bonchev–Trinajstić information content (AvgIpc) is 1.63. The van der Waals surface area contributed by atoms with E-state index in [0.717, 1.165) is 0 Å². The van der Waals surface area contributed by atoms with Crippen LogP contribution in [0.3, 0.4) is 0 Å². The van der Waals surface area contributed by atoms with Crippen LogP contribution in [-0.2, 0) is 9.53 Å². The van der Waals surface area contributed by atoms with E-state index in [2.05, 4.69) is 6.58 Å². The van der Waals surface area contributed by atoms with Crippen molar-refractivity contribution in [1.82, 2.24) is 0 Å². The number of hydrogen-bond donors (Lipinski definition) is 0. The van der Waals surface area contributed by atoms with Gasteiger partial charge < -0.3 is 4.74 Å². The van der Waals surface area contributed by atoms with Crippen LogP contribution in [0.4, 0.5) is 0 Å². The van der Waals surface area contributed by atoms with Crippen molar-refractivity contribution in [3.8, 4) is 0 Å². The topological polar surface area (TPSA) is 26.3 Å². The van der Waals surface area contributed by atoms with Crippen LogP contribution in [0.25, 0.3) is 0 Å². The van der Waals surface area contributed by atoms with E-state index in [1.807, 2.05) is 13.8 Å². The maximum Gasteiger partial charge on any atom is 0.193 e. The molecule has 0 aliphatic rings. The van der Waals surface area contributed by atoms with Gasteiger partial charge in [-0.2, -0.15) is 0 Å². The van der Waals surface area contributed by atoms with Crippen molar-refractivity contribution in [2.24, 2.45) is 0 Å². The lowest BCUT2D eigenvalue weighted by Crippen LogP contribution is -2.06. The molecular weight excluding hydrogens is 116 g/mol. The monoisotopic (exact) mass is 128 g/mol. The molecule has 0 atom stereocenters. The summed E-state index contributed by atoms with van der Waals surface area (Å²) in [4.78, 5) is 10.5. The normalized spacial score (nSPS) is 9.33. The second-order valence-corrected chi connectivity index (χ2v) is 2.15. The smallest absolute Gasteiger partial charge is 0.193 e. The largest absolute Gasteiger partial charge is 0.488 e. The number of ether oxygens (including phenoxy) is 1. The van der Waals surface area contributed by atoms with Gasteiger partial charge >= 0.3 is 0 Å². The van der Waals surface area contributed by atoms with Crippen LogP contribution in [0.5, 0.6) is 0 Å². The molecule has 0 radical (unpaired) electrons. The predicted octanol–water partition coefficient (Wildman–Crippen LogP) is 1.51. The lowest BCUT2D eigenvalue weighted by molar-refractivity contribution is -0.117. The van der Waals surface area contributed by atoms with Crippen molar-refractivity contribution in [3.05, 3.63) is 12.3 Å². The zero-order valence-electron chi connectivity index (χ0n) is 6.10. The summed E-state index contributed by atoms with van der Waals surface area (Å²) in [7, 11) is 0. The van der Waals surface area contributed by atoms with Crippen molar-refractivity contribution < 1.29 is 9.53 Å². The summed E-state index contributed by atoms with van der Waals surface area (Å²) in [5.41, 5.74) is 0. The van der Waals surface area contributed by atoms with Crippen LogP contribution in [0, 0.1) is 0 Å². The molecule has 0 aliphatic carbocycles. The Morgan fingerprint density at radius 3 is 2.11 bits per heavy atom. The van der Waals surface area contributed by atoms with E-state index in [4.69, 9.17) is 4.74 Å². The van der Waals surface area contributed by atoms with Gasteiger partial charge in [0.05, 0.1) is 6.10 Å². The fourth-order valence-corrected chi connectivity index (χ4v) is 0.367. The molecule has 0 aromatic carbocycles. The van der Waals surface area contributed by atoms with E-state index in [0.29, 0.717) is 0 Å². The summed E-state index contributed by atoms with van der Waals surface area (Å²) in [5.74, 6) is 0.133. The van der Waals surface area contributed by atoms with Crippen LogP contribution < -0.4 is 0 Å². The average molecular weight is 128 g/mol. The molecule has 2 heteroatoms. The number of ketones is 1. The first-order chi connectivity index (χ1) is 4.04. The molecule has 52 valence electrons. The lowest BCUT2D eigenvalue weighted by atomic mass is 10.4. The molecule has 0 spiro atoms. The van der Waals surface area contributed by atoms with Crippen molar-refractivity contribution in [3.63, 3.8) is 0 Å². The van der Waals surface area contributed by atoms with Gasteiger partial charge in [0.15, 0.2) is 11.5 Å². The third-order valence-corrected chi connectivity index (χ3v) is 0.771. The van der Waals surface area contributed by atoms with E-state index >= 15 is 0 Å². The van der Waals surface area contributed by atoms with Gasteiger partial charge in [0, 0.05) is 6.92 Å². The maximum atomic E-state index is 10.5. The van der Waals surface area contributed by atoms with Crippen LogP contribution in [0.2, 0.25) is 0 Å². The Morgan fingerprint density at radius 1 is 1.56 bits per heavy atom. The highest BCUT2D eigenvalue weighted by atomic mass is 16.5.